The number of carbonyl (C=O) groups excluding carboxylic acids is 5. The quantitative estimate of drug-likeness (QED) is 0.0930. The largest absolute Gasteiger partial charge is 0.346 e. The van der Waals surface area contributed by atoms with Gasteiger partial charge in [0.05, 0.1) is 16.8 Å². The summed E-state index contributed by atoms with van der Waals surface area (Å²) in [5.41, 5.74) is -0.724. The summed E-state index contributed by atoms with van der Waals surface area (Å²) in [5, 5.41) is 10.8. The Kier molecular flexibility index (Phi) is 15.7. The lowest BCUT2D eigenvalue weighted by molar-refractivity contribution is -0.147. The molecule has 1 fully saturated rings. The number of rotatable bonds is 16. The van der Waals surface area contributed by atoms with Crippen molar-refractivity contribution in [1.82, 2.24) is 26.2 Å². The number of unbranched alkanes of at least 4 members (excludes halogenated alkanes) is 1. The van der Waals surface area contributed by atoms with Gasteiger partial charge in [0.1, 0.15) is 12.1 Å². The van der Waals surface area contributed by atoms with E-state index in [2.05, 4.69) is 33.8 Å². The van der Waals surface area contributed by atoms with Gasteiger partial charge in [0.25, 0.3) is 5.91 Å². The summed E-state index contributed by atoms with van der Waals surface area (Å²) < 4.78 is 12.9. The highest BCUT2D eigenvalue weighted by atomic mass is 32.2. The summed E-state index contributed by atoms with van der Waals surface area (Å²) >= 11 is 0. The van der Waals surface area contributed by atoms with Crippen molar-refractivity contribution in [2.45, 2.75) is 102 Å². The van der Waals surface area contributed by atoms with Crippen molar-refractivity contribution in [3.05, 3.63) is 43.0 Å². The predicted molar refractivity (Wildman–Crippen MR) is 179 cm³/mol. The van der Waals surface area contributed by atoms with Crippen LogP contribution in [0.3, 0.4) is 0 Å². The summed E-state index contributed by atoms with van der Waals surface area (Å²) in [6.45, 7) is 11.2. The molecule has 12 heteroatoms. The predicted octanol–water partition coefficient (Wildman–Crippen LogP) is 2.83. The third-order valence-electron chi connectivity index (χ3n) is 7.74. The molecule has 0 aliphatic carbocycles. The molecule has 1 saturated heterocycles. The number of hydrogen-bond donors (Lipinski definition) is 4. The van der Waals surface area contributed by atoms with Gasteiger partial charge in [0.15, 0.2) is 0 Å². The highest BCUT2D eigenvalue weighted by Crippen LogP contribution is 2.26. The molecule has 1 aliphatic heterocycles. The molecule has 1 aliphatic rings. The summed E-state index contributed by atoms with van der Waals surface area (Å²) in [6.07, 6.45) is 9.98. The molecule has 1 aromatic rings. The third-order valence-corrected chi connectivity index (χ3v) is 9.24. The molecule has 0 radical (unpaired) electrons. The Balaban J connectivity index is 2.19. The number of benzene rings is 1. The van der Waals surface area contributed by atoms with Crippen LogP contribution in [0.15, 0.2) is 47.9 Å². The highest BCUT2D eigenvalue weighted by Gasteiger charge is 2.42. The van der Waals surface area contributed by atoms with E-state index >= 15 is 0 Å². The monoisotopic (exact) mass is 655 g/mol. The molecule has 46 heavy (non-hydrogen) atoms. The third kappa shape index (κ3) is 11.7. The number of nitrogens with one attached hydrogen (secondary N) is 4. The van der Waals surface area contributed by atoms with Gasteiger partial charge in [-0.25, -0.2) is 4.79 Å². The van der Waals surface area contributed by atoms with E-state index in [9.17, 15) is 28.2 Å². The van der Waals surface area contributed by atoms with E-state index in [0.717, 1.165) is 0 Å². The van der Waals surface area contributed by atoms with Crippen LogP contribution >= 0.6 is 0 Å². The molecule has 5 unspecified atom stereocenters. The fourth-order valence-corrected chi connectivity index (χ4v) is 6.45. The highest BCUT2D eigenvalue weighted by molar-refractivity contribution is 7.85. The molecule has 5 amide bonds. The van der Waals surface area contributed by atoms with Gasteiger partial charge in [-0.1, -0.05) is 52.0 Å². The first kappa shape index (κ1) is 38.2. The first-order valence-electron chi connectivity index (χ1n) is 15.8. The van der Waals surface area contributed by atoms with Crippen molar-refractivity contribution in [2.24, 2.45) is 5.41 Å². The number of carbonyl (C=O) groups is 5. The SMILES string of the molecule is C#CCCCC(NC(=O)C1CCCCN1C(=O)C(NC(=O)NC(CC)CS(=O)c1ccccc1)C(C)(C)C)C(=O)C(=O)NCC=C. The van der Waals surface area contributed by atoms with Gasteiger partial charge in [-0.2, -0.15) is 0 Å². The van der Waals surface area contributed by atoms with Gasteiger partial charge in [-0.3, -0.25) is 23.4 Å². The Morgan fingerprint density at radius 2 is 1.80 bits per heavy atom. The molecule has 0 saturated carbocycles. The van der Waals surface area contributed by atoms with Gasteiger partial charge < -0.3 is 26.2 Å². The molecule has 252 valence electrons. The van der Waals surface area contributed by atoms with Crippen molar-refractivity contribution in [3.8, 4) is 12.3 Å². The first-order valence-corrected chi connectivity index (χ1v) is 17.1. The van der Waals surface area contributed by atoms with Crippen LogP contribution in [0.4, 0.5) is 4.79 Å². The van der Waals surface area contributed by atoms with Gasteiger partial charge >= 0.3 is 6.03 Å². The summed E-state index contributed by atoms with van der Waals surface area (Å²) in [5.74, 6) is 0.0853. The maximum atomic E-state index is 14.1. The molecule has 1 aromatic carbocycles. The number of piperidine rings is 1. The van der Waals surface area contributed by atoms with Crippen molar-refractivity contribution in [1.29, 1.82) is 0 Å². The summed E-state index contributed by atoms with van der Waals surface area (Å²) in [7, 11) is -1.32. The Labute approximate surface area is 275 Å². The Morgan fingerprint density at radius 1 is 1.11 bits per heavy atom. The van der Waals surface area contributed by atoms with Crippen LogP contribution in [0.2, 0.25) is 0 Å². The lowest BCUT2D eigenvalue weighted by Gasteiger charge is -2.40. The summed E-state index contributed by atoms with van der Waals surface area (Å²) in [6, 6.07) is 5.02. The van der Waals surface area contributed by atoms with Crippen LogP contribution in [0.25, 0.3) is 0 Å². The van der Waals surface area contributed by atoms with Crippen LogP contribution < -0.4 is 21.3 Å². The molecule has 1 heterocycles. The van der Waals surface area contributed by atoms with Crippen LogP contribution in [0.5, 0.6) is 0 Å². The number of nitrogens with zero attached hydrogens (tertiary/aromatic N) is 1. The van der Waals surface area contributed by atoms with Crippen molar-refractivity contribution in [3.63, 3.8) is 0 Å². The number of ketones is 1. The van der Waals surface area contributed by atoms with Crippen LogP contribution in [0, 0.1) is 17.8 Å². The van der Waals surface area contributed by atoms with E-state index in [-0.39, 0.29) is 25.3 Å². The Morgan fingerprint density at radius 3 is 2.41 bits per heavy atom. The topological polar surface area (TPSA) is 154 Å². The molecule has 4 N–H and O–H groups in total. The lowest BCUT2D eigenvalue weighted by atomic mass is 9.85. The summed E-state index contributed by atoms with van der Waals surface area (Å²) in [4.78, 5) is 68.4. The fourth-order valence-electron chi connectivity index (χ4n) is 5.11. The van der Waals surface area contributed by atoms with E-state index in [1.807, 2.05) is 33.8 Å². The second-order valence-electron chi connectivity index (χ2n) is 12.4. The number of amides is 5. The van der Waals surface area contributed by atoms with Crippen LogP contribution in [-0.2, 0) is 30.0 Å². The number of Topliss-reactive ketones (excluding diaryl/α,β-unsaturated/α-hetero) is 1. The van der Waals surface area contributed by atoms with E-state index in [0.29, 0.717) is 43.4 Å². The molecule has 5 atom stereocenters. The van der Waals surface area contributed by atoms with Crippen LogP contribution in [0.1, 0.15) is 72.6 Å². The van der Waals surface area contributed by atoms with Crippen molar-refractivity contribution >= 4 is 40.3 Å². The molecule has 0 aromatic heterocycles. The van der Waals surface area contributed by atoms with Gasteiger partial charge in [-0.15, -0.1) is 18.9 Å². The number of terminal acetylenes is 1. The van der Waals surface area contributed by atoms with E-state index in [4.69, 9.17) is 6.42 Å². The van der Waals surface area contributed by atoms with Gasteiger partial charge in [-0.05, 0) is 56.1 Å². The normalized spacial score (nSPS) is 17.3. The smallest absolute Gasteiger partial charge is 0.315 e. The zero-order chi connectivity index (χ0) is 34.3. The van der Waals surface area contributed by atoms with Gasteiger partial charge in [0.2, 0.25) is 17.6 Å². The zero-order valence-corrected chi connectivity index (χ0v) is 28.3. The van der Waals surface area contributed by atoms with Crippen LogP contribution in [-0.4, -0.2) is 81.7 Å². The second kappa shape index (κ2) is 18.9. The average molecular weight is 656 g/mol. The van der Waals surface area contributed by atoms with E-state index < -0.39 is 69.9 Å². The Bertz CT molecular complexity index is 1290. The second-order valence-corrected chi connectivity index (χ2v) is 13.9. The van der Waals surface area contributed by atoms with Gasteiger partial charge in [0, 0.05) is 36.2 Å². The lowest BCUT2D eigenvalue weighted by Crippen LogP contribution is -2.62. The Hall–Kier alpha value is -3.98. The standard InChI is InChI=1S/C34H49N5O6S/c1-7-10-12-19-26(28(40)31(42)35-21-8-2)37-30(41)27-20-15-16-22-39(27)32(43)29(34(4,5)6)38-33(44)36-24(9-3)23-46(45)25-17-13-11-14-18-25/h1,8,11,13-14,17-18,24,26-27,29H,2,9-10,12,15-16,19-23H2,3-6H3,(H,35,42)(H,37,41)(H2,36,38,44). The van der Waals surface area contributed by atoms with Crippen molar-refractivity contribution in [2.75, 3.05) is 18.8 Å². The van der Waals surface area contributed by atoms with Crippen molar-refractivity contribution < 1.29 is 28.2 Å². The number of urea groups is 1. The molecule has 2 rings (SSSR count). The average Bonchev–Trinajstić information content (AvgIpc) is 3.04. The minimum atomic E-state index is -1.32. The van der Waals surface area contributed by atoms with E-state index in [1.54, 1.807) is 24.3 Å². The molecule has 11 nitrogen and oxygen atoms in total. The maximum Gasteiger partial charge on any atom is 0.315 e. The number of hydrogen-bond acceptors (Lipinski definition) is 6. The molecule has 0 bridgehead atoms. The molecule has 0 spiro atoms. The molecular weight excluding hydrogens is 606 g/mol. The first-order chi connectivity index (χ1) is 21.8. The minimum Gasteiger partial charge on any atom is -0.346 e. The number of likely N-dealkylation sites (tertiary alicyclic amines) is 1. The maximum absolute atomic E-state index is 14.1. The zero-order valence-electron chi connectivity index (χ0n) is 27.4. The molecular formula is C34H49N5O6S. The fraction of sp³-hybridized carbons (Fsp3) is 0.559. The minimum absolute atomic E-state index is 0.0964. The van der Waals surface area contributed by atoms with E-state index in [1.165, 1.54) is 11.0 Å².